The maximum atomic E-state index is 11.0. The molecule has 0 radical (unpaired) electrons. The lowest BCUT2D eigenvalue weighted by molar-refractivity contribution is 0.132. The van der Waals surface area contributed by atoms with Gasteiger partial charge in [0.25, 0.3) is 0 Å². The third kappa shape index (κ3) is 3.19. The minimum Gasteiger partial charge on any atom is -0.465 e. The summed E-state index contributed by atoms with van der Waals surface area (Å²) in [7, 11) is 1.81. The molecule has 1 aliphatic heterocycles. The summed E-state index contributed by atoms with van der Waals surface area (Å²) in [5, 5.41) is 12.7. The maximum absolute atomic E-state index is 11.0. The molecule has 2 rings (SSSR count). The number of para-hydroxylation sites is 1. The normalized spacial score (nSPS) is 15.8. The molecule has 20 heavy (non-hydrogen) atoms. The Balaban J connectivity index is 2.13. The molecule has 1 aliphatic rings. The lowest BCUT2D eigenvalue weighted by Gasteiger charge is -2.38. The Kier molecular flexibility index (Phi) is 4.79. The van der Waals surface area contributed by atoms with E-state index in [1.54, 1.807) is 0 Å². The quantitative estimate of drug-likeness (QED) is 0.818. The maximum Gasteiger partial charge on any atom is 0.407 e. The van der Waals surface area contributed by atoms with Crippen LogP contribution in [0, 0.1) is 0 Å². The monoisotopic (exact) mass is 293 g/mol. The molecule has 0 unspecified atom stereocenters. The number of hydrogen-bond donors (Lipinski definition) is 2. The topological polar surface area (TPSA) is 55.8 Å². The van der Waals surface area contributed by atoms with E-state index in [0.717, 1.165) is 18.5 Å². The largest absolute Gasteiger partial charge is 0.465 e. The van der Waals surface area contributed by atoms with Crippen molar-refractivity contribution in [1.29, 1.82) is 0 Å². The Labute approximate surface area is 124 Å². The van der Waals surface area contributed by atoms with Crippen molar-refractivity contribution in [3.8, 4) is 0 Å². The molecular weight excluding hydrogens is 274 g/mol. The third-order valence-corrected chi connectivity index (χ3v) is 3.97. The van der Waals surface area contributed by atoms with Crippen molar-refractivity contribution in [3.63, 3.8) is 0 Å². The van der Waals surface area contributed by atoms with E-state index in [0.29, 0.717) is 18.2 Å². The van der Waals surface area contributed by atoms with Gasteiger partial charge in [-0.05, 0) is 37.2 Å². The van der Waals surface area contributed by atoms with Crippen LogP contribution in [0.1, 0.15) is 12.8 Å². The number of likely N-dealkylation sites (tertiary alicyclic amines) is 1. The Bertz CT molecular complexity index is 473. The summed E-state index contributed by atoms with van der Waals surface area (Å²) in [6.07, 6.45) is 0.720. The van der Waals surface area contributed by atoms with E-state index < -0.39 is 6.09 Å². The van der Waals surface area contributed by atoms with E-state index in [1.807, 2.05) is 37.4 Å². The zero-order chi connectivity index (χ0) is 14.5. The Morgan fingerprint density at radius 2 is 1.95 bits per heavy atom. The predicted molar refractivity (Wildman–Crippen MR) is 83.2 cm³/mol. The van der Waals surface area contributed by atoms with Crippen molar-refractivity contribution in [3.05, 3.63) is 30.3 Å². The smallest absolute Gasteiger partial charge is 0.407 e. The zero-order valence-electron chi connectivity index (χ0n) is 11.5. The van der Waals surface area contributed by atoms with Crippen molar-refractivity contribution < 1.29 is 9.90 Å². The molecule has 0 aliphatic carbocycles. The van der Waals surface area contributed by atoms with Crippen LogP contribution in [-0.4, -0.2) is 47.4 Å². The van der Waals surface area contributed by atoms with Gasteiger partial charge in [0.15, 0.2) is 5.11 Å². The highest BCUT2D eigenvalue weighted by Crippen LogP contribution is 2.23. The van der Waals surface area contributed by atoms with Crippen LogP contribution in [-0.2, 0) is 0 Å². The fourth-order valence-electron chi connectivity index (χ4n) is 2.52. The Hall–Kier alpha value is -1.82. The molecule has 0 aromatic heterocycles. The van der Waals surface area contributed by atoms with Crippen LogP contribution < -0.4 is 10.2 Å². The molecule has 2 N–H and O–H groups in total. The first-order chi connectivity index (χ1) is 9.63. The molecule has 108 valence electrons. The van der Waals surface area contributed by atoms with E-state index >= 15 is 0 Å². The second-order valence-corrected chi connectivity index (χ2v) is 5.15. The SMILES string of the molecule is CNC(=S)N(c1ccccc1)C1CCN(C(=O)O)CC1. The molecule has 1 saturated heterocycles. The van der Waals surface area contributed by atoms with Crippen LogP contribution in [0.4, 0.5) is 10.5 Å². The molecule has 1 aromatic carbocycles. The molecule has 1 aromatic rings. The number of benzene rings is 1. The standard InChI is InChI=1S/C14H19N3O2S/c1-15-13(20)17(11-5-3-2-4-6-11)12-7-9-16(10-8-12)14(18)19/h2-6,12H,7-10H2,1H3,(H,15,20)(H,18,19). The van der Waals surface area contributed by atoms with Gasteiger partial charge in [-0.1, -0.05) is 18.2 Å². The van der Waals surface area contributed by atoms with E-state index in [4.69, 9.17) is 17.3 Å². The van der Waals surface area contributed by atoms with Crippen LogP contribution in [0.2, 0.25) is 0 Å². The number of hydrogen-bond acceptors (Lipinski definition) is 2. The molecule has 1 heterocycles. The van der Waals surface area contributed by atoms with Crippen molar-refractivity contribution in [2.24, 2.45) is 0 Å². The van der Waals surface area contributed by atoms with Gasteiger partial charge in [0.05, 0.1) is 0 Å². The summed E-state index contributed by atoms with van der Waals surface area (Å²) < 4.78 is 0. The van der Waals surface area contributed by atoms with E-state index in [9.17, 15) is 4.79 Å². The van der Waals surface area contributed by atoms with Gasteiger partial charge in [0.2, 0.25) is 0 Å². The predicted octanol–water partition coefficient (Wildman–Crippen LogP) is 2.14. The first-order valence-electron chi connectivity index (χ1n) is 6.67. The van der Waals surface area contributed by atoms with Crippen LogP contribution >= 0.6 is 12.2 Å². The number of carboxylic acid groups (broad SMARTS) is 1. The second-order valence-electron chi connectivity index (χ2n) is 4.76. The summed E-state index contributed by atoms with van der Waals surface area (Å²) in [5.74, 6) is 0. The molecule has 5 nitrogen and oxygen atoms in total. The van der Waals surface area contributed by atoms with Crippen LogP contribution in [0.25, 0.3) is 0 Å². The molecule has 1 amide bonds. The number of rotatable bonds is 2. The van der Waals surface area contributed by atoms with Crippen molar-refractivity contribution in [2.45, 2.75) is 18.9 Å². The number of amides is 1. The van der Waals surface area contributed by atoms with E-state index in [-0.39, 0.29) is 6.04 Å². The summed E-state index contributed by atoms with van der Waals surface area (Å²) in [5.41, 5.74) is 1.04. The van der Waals surface area contributed by atoms with Crippen LogP contribution in [0.5, 0.6) is 0 Å². The van der Waals surface area contributed by atoms with Crippen molar-refractivity contribution in [2.75, 3.05) is 25.0 Å². The molecule has 0 saturated carbocycles. The highest BCUT2D eigenvalue weighted by Gasteiger charge is 2.28. The van der Waals surface area contributed by atoms with Gasteiger partial charge in [-0.3, -0.25) is 0 Å². The number of piperidine rings is 1. The lowest BCUT2D eigenvalue weighted by atomic mass is 10.0. The molecular formula is C14H19N3O2S. The van der Waals surface area contributed by atoms with Gasteiger partial charge in [0, 0.05) is 31.9 Å². The van der Waals surface area contributed by atoms with Crippen LogP contribution in [0.3, 0.4) is 0 Å². The summed E-state index contributed by atoms with van der Waals surface area (Å²) >= 11 is 5.41. The van der Waals surface area contributed by atoms with Crippen molar-refractivity contribution in [1.82, 2.24) is 10.2 Å². The first kappa shape index (κ1) is 14.6. The first-order valence-corrected chi connectivity index (χ1v) is 7.08. The highest BCUT2D eigenvalue weighted by molar-refractivity contribution is 7.80. The number of carbonyl (C=O) groups is 1. The molecule has 6 heteroatoms. The van der Waals surface area contributed by atoms with Gasteiger partial charge in [-0.25, -0.2) is 4.79 Å². The third-order valence-electron chi connectivity index (χ3n) is 3.57. The van der Waals surface area contributed by atoms with Gasteiger partial charge in [-0.2, -0.15) is 0 Å². The Morgan fingerprint density at radius 1 is 1.35 bits per heavy atom. The second kappa shape index (κ2) is 6.56. The average molecular weight is 293 g/mol. The van der Waals surface area contributed by atoms with E-state index in [1.165, 1.54) is 4.90 Å². The number of nitrogens with zero attached hydrogens (tertiary/aromatic N) is 2. The minimum absolute atomic E-state index is 0.230. The Morgan fingerprint density at radius 3 is 2.45 bits per heavy atom. The van der Waals surface area contributed by atoms with Gasteiger partial charge >= 0.3 is 6.09 Å². The number of nitrogens with one attached hydrogen (secondary N) is 1. The fourth-order valence-corrected chi connectivity index (χ4v) is 2.77. The van der Waals surface area contributed by atoms with Gasteiger partial charge in [0.1, 0.15) is 0 Å². The molecule has 0 spiro atoms. The highest BCUT2D eigenvalue weighted by atomic mass is 32.1. The van der Waals surface area contributed by atoms with Gasteiger partial charge in [-0.15, -0.1) is 0 Å². The number of anilines is 1. The average Bonchev–Trinajstić information content (AvgIpc) is 2.49. The lowest BCUT2D eigenvalue weighted by Crippen LogP contribution is -2.51. The fraction of sp³-hybridized carbons (Fsp3) is 0.429. The van der Waals surface area contributed by atoms with E-state index in [2.05, 4.69) is 10.2 Å². The zero-order valence-corrected chi connectivity index (χ0v) is 12.3. The number of thiocarbonyl (C=S) groups is 1. The van der Waals surface area contributed by atoms with Crippen molar-refractivity contribution >= 4 is 29.1 Å². The summed E-state index contributed by atoms with van der Waals surface area (Å²) in [4.78, 5) is 14.5. The summed E-state index contributed by atoms with van der Waals surface area (Å²) in [6, 6.07) is 10.2. The van der Waals surface area contributed by atoms with Gasteiger partial charge < -0.3 is 20.2 Å². The van der Waals surface area contributed by atoms with Crippen LogP contribution in [0.15, 0.2) is 30.3 Å². The molecule has 0 atom stereocenters. The summed E-state index contributed by atoms with van der Waals surface area (Å²) in [6.45, 7) is 1.10. The molecule has 1 fully saturated rings. The molecule has 0 bridgehead atoms. The minimum atomic E-state index is -0.842.